The predicted molar refractivity (Wildman–Crippen MR) is 94.6 cm³/mol. The van der Waals surface area contributed by atoms with E-state index in [1.165, 1.54) is 17.0 Å². The first kappa shape index (κ1) is 17.2. The van der Waals surface area contributed by atoms with Crippen molar-refractivity contribution in [1.82, 2.24) is 19.4 Å². The molecule has 1 saturated heterocycles. The van der Waals surface area contributed by atoms with Gasteiger partial charge < -0.3 is 14.5 Å². The van der Waals surface area contributed by atoms with Crippen molar-refractivity contribution in [2.45, 2.75) is 6.54 Å². The number of benzene rings is 1. The first-order valence-corrected chi connectivity index (χ1v) is 8.24. The van der Waals surface area contributed by atoms with E-state index in [4.69, 9.17) is 4.74 Å². The van der Waals surface area contributed by atoms with Crippen LogP contribution in [0.4, 0.5) is 0 Å². The Labute approximate surface area is 146 Å². The van der Waals surface area contributed by atoms with Gasteiger partial charge in [-0.2, -0.15) is 0 Å². The molecular formula is C18H22N4O3. The zero-order valence-corrected chi connectivity index (χ0v) is 14.5. The fourth-order valence-corrected chi connectivity index (χ4v) is 2.77. The lowest BCUT2D eigenvalue weighted by atomic mass is 10.1. The fraction of sp³-hybridized carbons (Fsp3) is 0.389. The molecule has 0 atom stereocenters. The highest BCUT2D eigenvalue weighted by Gasteiger charge is 2.19. The van der Waals surface area contributed by atoms with Gasteiger partial charge in [-0.15, -0.1) is 0 Å². The monoisotopic (exact) mass is 342 g/mol. The average molecular weight is 342 g/mol. The average Bonchev–Trinajstić information content (AvgIpc) is 2.64. The largest absolute Gasteiger partial charge is 0.497 e. The van der Waals surface area contributed by atoms with E-state index in [-0.39, 0.29) is 18.0 Å². The first-order valence-electron chi connectivity index (χ1n) is 8.24. The van der Waals surface area contributed by atoms with E-state index in [2.05, 4.69) is 9.88 Å². The number of amides is 1. The van der Waals surface area contributed by atoms with Gasteiger partial charge in [0, 0.05) is 37.8 Å². The van der Waals surface area contributed by atoms with Crippen LogP contribution in [0, 0.1) is 0 Å². The van der Waals surface area contributed by atoms with Crippen molar-refractivity contribution in [3.63, 3.8) is 0 Å². The lowest BCUT2D eigenvalue weighted by molar-refractivity contribution is -0.133. The van der Waals surface area contributed by atoms with Crippen LogP contribution in [0.1, 0.15) is 0 Å². The number of likely N-dealkylation sites (N-methyl/N-ethyl adjacent to an activating group) is 1. The molecule has 3 rings (SSSR count). The molecule has 0 aliphatic carbocycles. The van der Waals surface area contributed by atoms with Gasteiger partial charge in [-0.05, 0) is 31.3 Å². The molecule has 0 saturated carbocycles. The Balaban J connectivity index is 1.71. The number of nitrogens with zero attached hydrogens (tertiary/aromatic N) is 4. The summed E-state index contributed by atoms with van der Waals surface area (Å²) in [5, 5.41) is 0. The van der Waals surface area contributed by atoms with Crippen molar-refractivity contribution >= 4 is 5.91 Å². The second kappa shape index (κ2) is 7.48. The van der Waals surface area contributed by atoms with E-state index < -0.39 is 0 Å². The number of rotatable bonds is 4. The summed E-state index contributed by atoms with van der Waals surface area (Å²) >= 11 is 0. The van der Waals surface area contributed by atoms with E-state index >= 15 is 0 Å². The van der Waals surface area contributed by atoms with Gasteiger partial charge in [-0.1, -0.05) is 0 Å². The quantitative estimate of drug-likeness (QED) is 0.818. The van der Waals surface area contributed by atoms with Gasteiger partial charge in [-0.3, -0.25) is 14.2 Å². The summed E-state index contributed by atoms with van der Waals surface area (Å²) in [5.74, 6) is 0.698. The van der Waals surface area contributed by atoms with Gasteiger partial charge in [0.05, 0.1) is 19.1 Å². The third kappa shape index (κ3) is 4.06. The van der Waals surface area contributed by atoms with Crippen LogP contribution >= 0.6 is 0 Å². The molecule has 132 valence electrons. The van der Waals surface area contributed by atoms with Crippen LogP contribution in [0.2, 0.25) is 0 Å². The first-order chi connectivity index (χ1) is 12.1. The summed E-state index contributed by atoms with van der Waals surface area (Å²) in [6, 6.07) is 8.79. The molecule has 7 heteroatoms. The second-order valence-corrected chi connectivity index (χ2v) is 6.15. The molecule has 0 unspecified atom stereocenters. The summed E-state index contributed by atoms with van der Waals surface area (Å²) in [5.41, 5.74) is 1.18. The highest BCUT2D eigenvalue weighted by Crippen LogP contribution is 2.19. The fourth-order valence-electron chi connectivity index (χ4n) is 2.77. The Morgan fingerprint density at radius 1 is 1.16 bits per heavy atom. The molecule has 1 fully saturated rings. The van der Waals surface area contributed by atoms with E-state index in [9.17, 15) is 9.59 Å². The number of ether oxygens (including phenoxy) is 1. The maximum atomic E-state index is 12.4. The third-order valence-corrected chi connectivity index (χ3v) is 4.43. The zero-order chi connectivity index (χ0) is 17.8. The standard InChI is InChI=1S/C18H22N4O3/c1-20-7-9-21(10-8-20)18(24)12-22-13-19-16(11-17(22)23)14-3-5-15(25-2)6-4-14/h3-6,11,13H,7-10,12H2,1-2H3. The summed E-state index contributed by atoms with van der Waals surface area (Å²) in [6.07, 6.45) is 1.44. The number of hydrogen-bond donors (Lipinski definition) is 0. The smallest absolute Gasteiger partial charge is 0.254 e. The second-order valence-electron chi connectivity index (χ2n) is 6.15. The highest BCUT2D eigenvalue weighted by atomic mass is 16.5. The molecule has 2 aromatic rings. The van der Waals surface area contributed by atoms with Crippen LogP contribution in [0.25, 0.3) is 11.3 Å². The van der Waals surface area contributed by atoms with Crippen LogP contribution in [0.15, 0.2) is 41.5 Å². The van der Waals surface area contributed by atoms with Crippen molar-refractivity contribution in [3.05, 3.63) is 47.0 Å². The molecule has 0 spiro atoms. The van der Waals surface area contributed by atoms with E-state index in [1.54, 1.807) is 12.0 Å². The summed E-state index contributed by atoms with van der Waals surface area (Å²) < 4.78 is 6.48. The van der Waals surface area contributed by atoms with Crippen LogP contribution in [-0.4, -0.2) is 65.6 Å². The molecule has 7 nitrogen and oxygen atoms in total. The summed E-state index contributed by atoms with van der Waals surface area (Å²) in [4.78, 5) is 33.0. The minimum atomic E-state index is -0.233. The molecule has 1 amide bonds. The van der Waals surface area contributed by atoms with Crippen LogP contribution in [0.3, 0.4) is 0 Å². The molecule has 1 aromatic heterocycles. The number of carbonyl (C=O) groups is 1. The van der Waals surface area contributed by atoms with Crippen molar-refractivity contribution in [2.75, 3.05) is 40.3 Å². The molecule has 25 heavy (non-hydrogen) atoms. The minimum absolute atomic E-state index is 0.0262. The summed E-state index contributed by atoms with van der Waals surface area (Å²) in [6.45, 7) is 3.13. The summed E-state index contributed by atoms with van der Waals surface area (Å²) in [7, 11) is 3.64. The Hall–Kier alpha value is -2.67. The predicted octanol–water partition coefficient (Wildman–Crippen LogP) is 0.693. The Morgan fingerprint density at radius 3 is 2.44 bits per heavy atom. The molecule has 0 N–H and O–H groups in total. The number of methoxy groups -OCH3 is 1. The molecule has 1 aromatic carbocycles. The topological polar surface area (TPSA) is 67.7 Å². The number of hydrogen-bond acceptors (Lipinski definition) is 5. The van der Waals surface area contributed by atoms with Gasteiger partial charge in [0.2, 0.25) is 5.91 Å². The van der Waals surface area contributed by atoms with Crippen LogP contribution < -0.4 is 10.3 Å². The van der Waals surface area contributed by atoms with Crippen molar-refractivity contribution in [2.24, 2.45) is 0 Å². The molecule has 1 aliphatic heterocycles. The number of piperazine rings is 1. The Morgan fingerprint density at radius 2 is 1.84 bits per heavy atom. The van der Waals surface area contributed by atoms with E-state index in [0.29, 0.717) is 18.8 Å². The Bertz CT molecular complexity index is 793. The number of carbonyl (C=O) groups excluding carboxylic acids is 1. The van der Waals surface area contributed by atoms with Gasteiger partial charge in [0.1, 0.15) is 12.3 Å². The number of aromatic nitrogens is 2. The van der Waals surface area contributed by atoms with Crippen molar-refractivity contribution in [3.8, 4) is 17.0 Å². The van der Waals surface area contributed by atoms with Crippen molar-refractivity contribution in [1.29, 1.82) is 0 Å². The maximum Gasteiger partial charge on any atom is 0.254 e. The van der Waals surface area contributed by atoms with E-state index in [1.807, 2.05) is 31.3 Å². The van der Waals surface area contributed by atoms with Gasteiger partial charge in [0.15, 0.2) is 0 Å². The molecular weight excluding hydrogens is 320 g/mol. The molecule has 0 bridgehead atoms. The third-order valence-electron chi connectivity index (χ3n) is 4.43. The van der Waals surface area contributed by atoms with E-state index in [0.717, 1.165) is 24.4 Å². The highest BCUT2D eigenvalue weighted by molar-refractivity contribution is 5.76. The lowest BCUT2D eigenvalue weighted by Crippen LogP contribution is -2.48. The van der Waals surface area contributed by atoms with Gasteiger partial charge in [-0.25, -0.2) is 4.98 Å². The minimum Gasteiger partial charge on any atom is -0.497 e. The van der Waals surface area contributed by atoms with Gasteiger partial charge >= 0.3 is 0 Å². The maximum absolute atomic E-state index is 12.4. The van der Waals surface area contributed by atoms with Crippen LogP contribution in [0.5, 0.6) is 5.75 Å². The Kier molecular flexibility index (Phi) is 5.14. The zero-order valence-electron chi connectivity index (χ0n) is 14.5. The lowest BCUT2D eigenvalue weighted by Gasteiger charge is -2.32. The van der Waals surface area contributed by atoms with Crippen molar-refractivity contribution < 1.29 is 9.53 Å². The molecule has 2 heterocycles. The molecule has 0 radical (unpaired) electrons. The molecule has 1 aliphatic rings. The SMILES string of the molecule is COc1ccc(-c2cc(=O)n(CC(=O)N3CCN(C)CC3)cn2)cc1. The van der Waals surface area contributed by atoms with Gasteiger partial charge in [0.25, 0.3) is 5.56 Å². The van der Waals surface area contributed by atoms with Crippen LogP contribution in [-0.2, 0) is 11.3 Å². The normalized spacial score (nSPS) is 15.2.